The lowest BCUT2D eigenvalue weighted by atomic mass is 10.1. The highest BCUT2D eigenvalue weighted by Gasteiger charge is 2.17. The van der Waals surface area contributed by atoms with E-state index < -0.39 is 0 Å². The summed E-state index contributed by atoms with van der Waals surface area (Å²) in [7, 11) is 0. The number of imidazole rings is 1. The maximum atomic E-state index is 5.90. The van der Waals surface area contributed by atoms with Crippen molar-refractivity contribution in [2.24, 2.45) is 5.92 Å². The summed E-state index contributed by atoms with van der Waals surface area (Å²) < 4.78 is 3.57. The smallest absolute Gasteiger partial charge is 0.111 e. The number of fused-ring (bicyclic) bond motifs is 1. The van der Waals surface area contributed by atoms with Crippen LogP contribution in [0.4, 0.5) is 0 Å². The fourth-order valence-electron chi connectivity index (χ4n) is 2.14. The third-order valence-electron chi connectivity index (χ3n) is 3.41. The minimum Gasteiger partial charge on any atom is -0.325 e. The predicted octanol–water partition coefficient (Wildman–Crippen LogP) is 4.64. The van der Waals surface area contributed by atoms with Gasteiger partial charge in [0.1, 0.15) is 5.82 Å². The van der Waals surface area contributed by atoms with Gasteiger partial charge in [-0.3, -0.25) is 0 Å². The maximum Gasteiger partial charge on any atom is 0.111 e. The van der Waals surface area contributed by atoms with E-state index >= 15 is 0 Å². The van der Waals surface area contributed by atoms with Gasteiger partial charge in [-0.15, -0.1) is 11.6 Å². The van der Waals surface area contributed by atoms with E-state index in [4.69, 9.17) is 16.6 Å². The fourth-order valence-corrected chi connectivity index (χ4v) is 2.78. The summed E-state index contributed by atoms with van der Waals surface area (Å²) in [5.41, 5.74) is 2.30. The van der Waals surface area contributed by atoms with Gasteiger partial charge in [0.2, 0.25) is 0 Å². The first-order chi connectivity index (χ1) is 8.54. The zero-order chi connectivity index (χ0) is 13.3. The number of hydrogen-bond acceptors (Lipinski definition) is 1. The minimum atomic E-state index is 0.438. The van der Waals surface area contributed by atoms with Gasteiger partial charge in [-0.1, -0.05) is 13.8 Å². The molecule has 0 N–H and O–H groups in total. The molecule has 0 aliphatic rings. The van der Waals surface area contributed by atoms with E-state index in [1.54, 1.807) is 0 Å². The van der Waals surface area contributed by atoms with E-state index in [2.05, 4.69) is 66.1 Å². The summed E-state index contributed by atoms with van der Waals surface area (Å²) in [6, 6.07) is 6.88. The van der Waals surface area contributed by atoms with Gasteiger partial charge < -0.3 is 4.57 Å². The average Bonchev–Trinajstić information content (AvgIpc) is 2.65. The summed E-state index contributed by atoms with van der Waals surface area (Å²) in [5.74, 6) is 2.30. The van der Waals surface area contributed by atoms with Crippen molar-refractivity contribution >= 4 is 45.2 Å². The van der Waals surface area contributed by atoms with Crippen LogP contribution in [0.2, 0.25) is 0 Å². The minimum absolute atomic E-state index is 0.438. The third kappa shape index (κ3) is 2.67. The highest BCUT2D eigenvalue weighted by Crippen LogP contribution is 2.27. The van der Waals surface area contributed by atoms with Crippen molar-refractivity contribution in [3.63, 3.8) is 0 Å². The summed E-state index contributed by atoms with van der Waals surface area (Å²) in [6.45, 7) is 6.74. The van der Waals surface area contributed by atoms with Gasteiger partial charge in [0.15, 0.2) is 0 Å². The second kappa shape index (κ2) is 5.78. The number of aryl methyl sites for hydroxylation is 1. The molecule has 0 aliphatic carbocycles. The first kappa shape index (κ1) is 14.1. The molecule has 2 rings (SSSR count). The van der Waals surface area contributed by atoms with E-state index in [9.17, 15) is 0 Å². The van der Waals surface area contributed by atoms with E-state index in [1.807, 2.05) is 0 Å². The number of hydrogen-bond donors (Lipinski definition) is 0. The molecule has 1 atom stereocenters. The monoisotopic (exact) mass is 376 g/mol. The largest absolute Gasteiger partial charge is 0.325 e. The Morgan fingerprint density at radius 2 is 2.06 bits per heavy atom. The molecule has 0 aliphatic heterocycles. The summed E-state index contributed by atoms with van der Waals surface area (Å²) in [5, 5.41) is 0. The quantitative estimate of drug-likeness (QED) is 0.561. The zero-order valence-corrected chi connectivity index (χ0v) is 13.9. The van der Waals surface area contributed by atoms with Crippen molar-refractivity contribution in [3.8, 4) is 0 Å². The topological polar surface area (TPSA) is 17.8 Å². The van der Waals surface area contributed by atoms with Crippen molar-refractivity contribution < 1.29 is 0 Å². The Bertz CT molecular complexity index is 548. The van der Waals surface area contributed by atoms with Gasteiger partial charge in [-0.25, -0.2) is 4.98 Å². The molecule has 98 valence electrons. The molecule has 1 aromatic heterocycles. The highest BCUT2D eigenvalue weighted by molar-refractivity contribution is 14.1. The van der Waals surface area contributed by atoms with Crippen LogP contribution in [-0.4, -0.2) is 15.4 Å². The maximum absolute atomic E-state index is 5.90. The SMILES string of the molecule is CC(C)C(C)n1c(CCCl)nc2cc(I)ccc21. The van der Waals surface area contributed by atoms with Crippen LogP contribution in [0.5, 0.6) is 0 Å². The van der Waals surface area contributed by atoms with Gasteiger partial charge in [0, 0.05) is 21.9 Å². The molecule has 2 nitrogen and oxygen atoms in total. The molecule has 0 saturated carbocycles. The Labute approximate surface area is 127 Å². The first-order valence-corrected chi connectivity index (χ1v) is 7.88. The predicted molar refractivity (Wildman–Crippen MR) is 86.4 cm³/mol. The van der Waals surface area contributed by atoms with Gasteiger partial charge in [0.25, 0.3) is 0 Å². The molecule has 2 aromatic rings. The Balaban J connectivity index is 2.62. The normalized spacial score (nSPS) is 13.4. The molecule has 0 amide bonds. The Hall–Kier alpha value is -0.290. The van der Waals surface area contributed by atoms with Crippen LogP contribution in [0.25, 0.3) is 11.0 Å². The molecule has 1 aromatic carbocycles. The van der Waals surface area contributed by atoms with Crippen LogP contribution in [0.15, 0.2) is 18.2 Å². The summed E-state index contributed by atoms with van der Waals surface area (Å²) in [4.78, 5) is 4.74. The van der Waals surface area contributed by atoms with Crippen LogP contribution in [0.3, 0.4) is 0 Å². The van der Waals surface area contributed by atoms with Crippen LogP contribution in [-0.2, 0) is 6.42 Å². The average molecular weight is 377 g/mol. The Morgan fingerprint density at radius 3 is 2.67 bits per heavy atom. The molecular formula is C14H18ClIN2. The van der Waals surface area contributed by atoms with Crippen molar-refractivity contribution in [2.75, 3.05) is 5.88 Å². The van der Waals surface area contributed by atoms with E-state index in [0.29, 0.717) is 17.8 Å². The van der Waals surface area contributed by atoms with Gasteiger partial charge in [-0.2, -0.15) is 0 Å². The lowest BCUT2D eigenvalue weighted by molar-refractivity contribution is 0.407. The molecule has 0 spiro atoms. The van der Waals surface area contributed by atoms with Crippen LogP contribution < -0.4 is 0 Å². The third-order valence-corrected chi connectivity index (χ3v) is 4.27. The first-order valence-electron chi connectivity index (χ1n) is 6.27. The molecule has 18 heavy (non-hydrogen) atoms. The van der Waals surface area contributed by atoms with Crippen molar-refractivity contribution in [3.05, 3.63) is 27.6 Å². The second-order valence-corrected chi connectivity index (χ2v) is 6.58. The molecule has 0 saturated heterocycles. The summed E-state index contributed by atoms with van der Waals surface area (Å²) >= 11 is 8.22. The zero-order valence-electron chi connectivity index (χ0n) is 11.0. The number of benzene rings is 1. The van der Waals surface area contributed by atoms with Gasteiger partial charge in [0.05, 0.1) is 11.0 Å². The number of alkyl halides is 1. The molecule has 0 radical (unpaired) electrons. The van der Waals surface area contributed by atoms with Crippen LogP contribution in [0, 0.1) is 9.49 Å². The van der Waals surface area contributed by atoms with Crippen molar-refractivity contribution in [1.29, 1.82) is 0 Å². The lowest BCUT2D eigenvalue weighted by Crippen LogP contribution is -2.14. The number of nitrogens with zero attached hydrogens (tertiary/aromatic N) is 2. The Kier molecular flexibility index (Phi) is 4.54. The second-order valence-electron chi connectivity index (χ2n) is 4.95. The molecular weight excluding hydrogens is 359 g/mol. The van der Waals surface area contributed by atoms with Crippen LogP contribution >= 0.6 is 34.2 Å². The molecule has 0 fully saturated rings. The fraction of sp³-hybridized carbons (Fsp3) is 0.500. The van der Waals surface area contributed by atoms with E-state index in [1.165, 1.54) is 9.09 Å². The molecule has 4 heteroatoms. The standard InChI is InChI=1S/C14H18ClIN2/c1-9(2)10(3)18-13-5-4-11(16)8-12(13)17-14(18)6-7-15/h4-5,8-10H,6-7H2,1-3H3. The highest BCUT2D eigenvalue weighted by atomic mass is 127. The lowest BCUT2D eigenvalue weighted by Gasteiger charge is -2.21. The molecule has 0 bridgehead atoms. The van der Waals surface area contributed by atoms with Crippen molar-refractivity contribution in [2.45, 2.75) is 33.2 Å². The molecule has 1 heterocycles. The number of aromatic nitrogens is 2. The van der Waals surface area contributed by atoms with Gasteiger partial charge in [-0.05, 0) is 53.6 Å². The van der Waals surface area contributed by atoms with E-state index in [0.717, 1.165) is 17.8 Å². The summed E-state index contributed by atoms with van der Waals surface area (Å²) in [6.07, 6.45) is 0.823. The Morgan fingerprint density at radius 1 is 1.33 bits per heavy atom. The number of rotatable bonds is 4. The van der Waals surface area contributed by atoms with E-state index in [-0.39, 0.29) is 0 Å². The number of halogens is 2. The molecule has 1 unspecified atom stereocenters. The van der Waals surface area contributed by atoms with Crippen molar-refractivity contribution in [1.82, 2.24) is 9.55 Å². The van der Waals surface area contributed by atoms with Gasteiger partial charge >= 0.3 is 0 Å². The van der Waals surface area contributed by atoms with Crippen LogP contribution in [0.1, 0.15) is 32.6 Å².